The lowest BCUT2D eigenvalue weighted by Gasteiger charge is -2.24. The van der Waals surface area contributed by atoms with Crippen molar-refractivity contribution in [2.24, 2.45) is 0 Å². The molecule has 2 atom stereocenters. The molecule has 5 heteroatoms. The Bertz CT molecular complexity index is 120. The third-order valence-electron chi connectivity index (χ3n) is 1.81. The van der Waals surface area contributed by atoms with Crippen LogP contribution in [0.2, 0.25) is 0 Å². The fraction of sp³-hybridized carbons (Fsp3) is 1.00. The van der Waals surface area contributed by atoms with Crippen LogP contribution in [0.3, 0.4) is 0 Å². The molecule has 0 aromatic carbocycles. The van der Waals surface area contributed by atoms with Crippen molar-refractivity contribution in [2.45, 2.75) is 38.7 Å². The van der Waals surface area contributed by atoms with Gasteiger partial charge in [0.2, 0.25) is 0 Å². The molecular formula is C7H15F3N2. The summed E-state index contributed by atoms with van der Waals surface area (Å²) in [6, 6.07) is -0.744. The highest BCUT2D eigenvalue weighted by atomic mass is 19.4. The molecule has 0 saturated carbocycles. The van der Waals surface area contributed by atoms with Gasteiger partial charge in [0, 0.05) is 12.1 Å². The highest BCUT2D eigenvalue weighted by molar-refractivity contribution is 4.76. The Labute approximate surface area is 70.5 Å². The minimum Gasteiger partial charge on any atom is -0.315 e. The molecule has 0 aromatic heterocycles. The number of likely N-dealkylation sites (N-methyl/N-ethyl adjacent to an activating group) is 1. The first-order chi connectivity index (χ1) is 5.40. The molecule has 12 heavy (non-hydrogen) atoms. The maximum Gasteiger partial charge on any atom is 0.457 e. The second-order valence-electron chi connectivity index (χ2n) is 2.73. The molecule has 74 valence electrons. The van der Waals surface area contributed by atoms with Crippen LogP contribution in [-0.4, -0.2) is 25.4 Å². The summed E-state index contributed by atoms with van der Waals surface area (Å²) in [5.41, 5.74) is 0. The minimum atomic E-state index is -4.29. The number of hydrogen-bond donors (Lipinski definition) is 2. The summed E-state index contributed by atoms with van der Waals surface area (Å²) in [7, 11) is 1.66. The van der Waals surface area contributed by atoms with Crippen LogP contribution in [0.25, 0.3) is 0 Å². The largest absolute Gasteiger partial charge is 0.457 e. The van der Waals surface area contributed by atoms with E-state index < -0.39 is 12.3 Å². The molecule has 0 amide bonds. The van der Waals surface area contributed by atoms with E-state index in [1.165, 1.54) is 6.92 Å². The topological polar surface area (TPSA) is 24.1 Å². The smallest absolute Gasteiger partial charge is 0.315 e. The van der Waals surface area contributed by atoms with Gasteiger partial charge in [-0.05, 0) is 20.4 Å². The summed E-state index contributed by atoms with van der Waals surface area (Å²) in [6.07, 6.45) is -3.62. The SMILES string of the molecule is CCC(NC)C(C)NC(F)(F)F. The summed E-state index contributed by atoms with van der Waals surface area (Å²) in [5, 5.41) is 4.37. The molecular weight excluding hydrogens is 169 g/mol. The predicted octanol–water partition coefficient (Wildman–Crippen LogP) is 1.48. The Morgan fingerprint density at radius 1 is 1.33 bits per heavy atom. The van der Waals surface area contributed by atoms with E-state index in [1.807, 2.05) is 6.92 Å². The summed E-state index contributed by atoms with van der Waals surface area (Å²) in [5.74, 6) is 0. The average molecular weight is 184 g/mol. The van der Waals surface area contributed by atoms with E-state index in [1.54, 1.807) is 12.4 Å². The van der Waals surface area contributed by atoms with E-state index in [2.05, 4.69) is 5.32 Å². The molecule has 0 spiro atoms. The first-order valence-corrected chi connectivity index (χ1v) is 3.92. The first kappa shape index (κ1) is 11.7. The van der Waals surface area contributed by atoms with Gasteiger partial charge in [0.25, 0.3) is 0 Å². The fourth-order valence-corrected chi connectivity index (χ4v) is 1.17. The Kier molecular flexibility index (Phi) is 4.55. The maximum atomic E-state index is 11.8. The number of alkyl halides is 3. The van der Waals surface area contributed by atoms with Gasteiger partial charge in [0.05, 0.1) is 0 Å². The minimum absolute atomic E-state index is 0.147. The molecule has 0 aliphatic heterocycles. The normalized spacial score (nSPS) is 17.5. The highest BCUT2D eigenvalue weighted by Gasteiger charge is 2.31. The molecule has 0 radical (unpaired) electrons. The van der Waals surface area contributed by atoms with Crippen LogP contribution in [0.1, 0.15) is 20.3 Å². The number of halogens is 3. The second-order valence-corrected chi connectivity index (χ2v) is 2.73. The maximum absolute atomic E-state index is 11.8. The van der Waals surface area contributed by atoms with Crippen LogP contribution in [-0.2, 0) is 0 Å². The fourth-order valence-electron chi connectivity index (χ4n) is 1.17. The van der Waals surface area contributed by atoms with Crippen molar-refractivity contribution in [3.63, 3.8) is 0 Å². The van der Waals surface area contributed by atoms with Crippen molar-refractivity contribution in [2.75, 3.05) is 7.05 Å². The van der Waals surface area contributed by atoms with E-state index in [0.717, 1.165) is 0 Å². The lowest BCUT2D eigenvalue weighted by Crippen LogP contribution is -2.49. The van der Waals surface area contributed by atoms with Crippen LogP contribution >= 0.6 is 0 Å². The van der Waals surface area contributed by atoms with E-state index in [4.69, 9.17) is 0 Å². The zero-order chi connectivity index (χ0) is 9.78. The predicted molar refractivity (Wildman–Crippen MR) is 41.8 cm³/mol. The van der Waals surface area contributed by atoms with Crippen LogP contribution in [0.4, 0.5) is 13.2 Å². The molecule has 0 fully saturated rings. The molecule has 2 unspecified atom stereocenters. The van der Waals surface area contributed by atoms with Gasteiger partial charge in [-0.3, -0.25) is 0 Å². The van der Waals surface area contributed by atoms with Crippen molar-refractivity contribution in [1.82, 2.24) is 10.6 Å². The summed E-state index contributed by atoms with van der Waals surface area (Å²) in [6.45, 7) is 3.36. The summed E-state index contributed by atoms with van der Waals surface area (Å²) >= 11 is 0. The zero-order valence-electron chi connectivity index (χ0n) is 7.50. The Hall–Kier alpha value is -0.290. The van der Waals surface area contributed by atoms with Gasteiger partial charge in [-0.25, -0.2) is 5.32 Å². The van der Waals surface area contributed by atoms with Crippen LogP contribution in [0, 0.1) is 0 Å². The third-order valence-corrected chi connectivity index (χ3v) is 1.81. The van der Waals surface area contributed by atoms with E-state index in [0.29, 0.717) is 6.42 Å². The Morgan fingerprint density at radius 2 is 1.83 bits per heavy atom. The van der Waals surface area contributed by atoms with Crippen LogP contribution in [0.15, 0.2) is 0 Å². The van der Waals surface area contributed by atoms with Gasteiger partial charge < -0.3 is 5.32 Å². The van der Waals surface area contributed by atoms with Crippen molar-refractivity contribution >= 4 is 0 Å². The summed E-state index contributed by atoms with van der Waals surface area (Å²) < 4.78 is 35.4. The van der Waals surface area contributed by atoms with Gasteiger partial charge >= 0.3 is 6.30 Å². The van der Waals surface area contributed by atoms with Crippen molar-refractivity contribution in [3.8, 4) is 0 Å². The van der Waals surface area contributed by atoms with Crippen molar-refractivity contribution in [1.29, 1.82) is 0 Å². The molecule has 0 aliphatic rings. The standard InChI is InChI=1S/C7H15F3N2/c1-4-6(11-3)5(2)12-7(8,9)10/h5-6,11-12H,4H2,1-3H3. The first-order valence-electron chi connectivity index (χ1n) is 3.92. The molecule has 0 bridgehead atoms. The van der Waals surface area contributed by atoms with Crippen LogP contribution in [0.5, 0.6) is 0 Å². The monoisotopic (exact) mass is 184 g/mol. The Balaban J connectivity index is 3.92. The summed E-state index contributed by atoms with van der Waals surface area (Å²) in [4.78, 5) is 0. The van der Waals surface area contributed by atoms with Gasteiger partial charge in [0.1, 0.15) is 0 Å². The molecule has 0 rings (SSSR count). The molecule has 0 aromatic rings. The zero-order valence-corrected chi connectivity index (χ0v) is 7.50. The van der Waals surface area contributed by atoms with E-state index >= 15 is 0 Å². The highest BCUT2D eigenvalue weighted by Crippen LogP contribution is 2.12. The molecule has 0 heterocycles. The van der Waals surface area contributed by atoms with Crippen molar-refractivity contribution < 1.29 is 13.2 Å². The van der Waals surface area contributed by atoms with Crippen LogP contribution < -0.4 is 10.6 Å². The van der Waals surface area contributed by atoms with E-state index in [9.17, 15) is 13.2 Å². The molecule has 2 nitrogen and oxygen atoms in total. The van der Waals surface area contributed by atoms with Gasteiger partial charge in [-0.2, -0.15) is 13.2 Å². The van der Waals surface area contributed by atoms with Gasteiger partial charge in [0.15, 0.2) is 0 Å². The number of nitrogens with one attached hydrogen (secondary N) is 2. The quantitative estimate of drug-likeness (QED) is 0.647. The number of rotatable bonds is 4. The number of hydrogen-bond acceptors (Lipinski definition) is 2. The van der Waals surface area contributed by atoms with Gasteiger partial charge in [-0.15, -0.1) is 0 Å². The third kappa shape index (κ3) is 4.56. The lowest BCUT2D eigenvalue weighted by atomic mass is 10.1. The second kappa shape index (κ2) is 4.67. The molecule has 0 saturated heterocycles. The van der Waals surface area contributed by atoms with E-state index in [-0.39, 0.29) is 6.04 Å². The van der Waals surface area contributed by atoms with Crippen molar-refractivity contribution in [3.05, 3.63) is 0 Å². The lowest BCUT2D eigenvalue weighted by molar-refractivity contribution is -0.164. The Morgan fingerprint density at radius 3 is 2.08 bits per heavy atom. The molecule has 0 aliphatic carbocycles. The average Bonchev–Trinajstić information content (AvgIpc) is 1.85. The van der Waals surface area contributed by atoms with Gasteiger partial charge in [-0.1, -0.05) is 6.92 Å². The molecule has 2 N–H and O–H groups in total.